The number of hydrogen-bond acceptors (Lipinski definition) is 6. The second-order valence-corrected chi connectivity index (χ2v) is 7.16. The Morgan fingerprint density at radius 3 is 2.50 bits per heavy atom. The lowest BCUT2D eigenvalue weighted by molar-refractivity contribution is 0.0955. The van der Waals surface area contributed by atoms with E-state index < -0.39 is 0 Å². The first kappa shape index (κ1) is 19.6. The summed E-state index contributed by atoms with van der Waals surface area (Å²) in [6.07, 6.45) is 1.48. The van der Waals surface area contributed by atoms with E-state index in [1.54, 1.807) is 48.2 Å². The molecule has 2 N–H and O–H groups in total. The number of thioether (sulfide) groups is 1. The number of aromatic nitrogens is 2. The summed E-state index contributed by atoms with van der Waals surface area (Å²) in [4.78, 5) is 21.0. The number of nitrogens with zero attached hydrogens (tertiary/aromatic N) is 3. The molecule has 0 fully saturated rings. The Balaban J connectivity index is 1.55. The Morgan fingerprint density at radius 1 is 1.11 bits per heavy atom. The van der Waals surface area contributed by atoms with E-state index in [4.69, 9.17) is 0 Å². The summed E-state index contributed by atoms with van der Waals surface area (Å²) in [5.41, 5.74) is 6.67. The number of hydrazone groups is 1. The summed E-state index contributed by atoms with van der Waals surface area (Å²) >= 11 is 1.56. The van der Waals surface area contributed by atoms with Gasteiger partial charge in [-0.05, 0) is 55.3 Å². The summed E-state index contributed by atoms with van der Waals surface area (Å²) in [6.45, 7) is 3.91. The number of nitrogens with one attached hydrogen (secondary N) is 1. The summed E-state index contributed by atoms with van der Waals surface area (Å²) < 4.78 is 0. The van der Waals surface area contributed by atoms with Gasteiger partial charge in [-0.1, -0.05) is 36.0 Å². The molecular formula is C21H20N4O2S. The second kappa shape index (κ2) is 9.14. The molecule has 1 amide bonds. The molecule has 0 spiro atoms. The first-order valence-corrected chi connectivity index (χ1v) is 9.64. The first-order valence-electron chi connectivity index (χ1n) is 8.66. The predicted octanol–water partition coefficient (Wildman–Crippen LogP) is 3.86. The summed E-state index contributed by atoms with van der Waals surface area (Å²) in [7, 11) is 0. The predicted molar refractivity (Wildman–Crippen MR) is 111 cm³/mol. The number of hydrogen-bond donors (Lipinski definition) is 2. The monoisotopic (exact) mass is 392 g/mol. The van der Waals surface area contributed by atoms with E-state index in [1.165, 1.54) is 6.21 Å². The van der Waals surface area contributed by atoms with Crippen LogP contribution >= 0.6 is 11.8 Å². The maximum absolute atomic E-state index is 12.2. The van der Waals surface area contributed by atoms with Gasteiger partial charge in [0.05, 0.1) is 6.21 Å². The van der Waals surface area contributed by atoms with Gasteiger partial charge in [-0.2, -0.15) is 5.10 Å². The van der Waals surface area contributed by atoms with Crippen LogP contribution in [0.2, 0.25) is 0 Å². The second-order valence-electron chi connectivity index (χ2n) is 6.21. The highest BCUT2D eigenvalue weighted by molar-refractivity contribution is 7.98. The molecule has 3 rings (SSSR count). The molecule has 1 heterocycles. The van der Waals surface area contributed by atoms with Gasteiger partial charge in [0.2, 0.25) is 0 Å². The van der Waals surface area contributed by atoms with Crippen molar-refractivity contribution < 1.29 is 9.90 Å². The summed E-state index contributed by atoms with van der Waals surface area (Å²) in [5.74, 6) is 0.573. The van der Waals surface area contributed by atoms with Crippen molar-refractivity contribution in [2.75, 3.05) is 0 Å². The first-order chi connectivity index (χ1) is 13.5. The minimum atomic E-state index is -0.298. The Hall–Kier alpha value is -3.19. The molecule has 0 bridgehead atoms. The highest BCUT2D eigenvalue weighted by atomic mass is 32.2. The van der Waals surface area contributed by atoms with E-state index >= 15 is 0 Å². The van der Waals surface area contributed by atoms with E-state index in [9.17, 15) is 9.90 Å². The van der Waals surface area contributed by atoms with E-state index in [1.807, 2.05) is 32.0 Å². The topological polar surface area (TPSA) is 87.5 Å². The van der Waals surface area contributed by atoms with Gasteiger partial charge < -0.3 is 5.11 Å². The Bertz CT molecular complexity index is 983. The van der Waals surface area contributed by atoms with Crippen LogP contribution in [0.15, 0.2) is 64.9 Å². The van der Waals surface area contributed by atoms with Crippen molar-refractivity contribution in [2.24, 2.45) is 5.10 Å². The molecule has 0 atom stereocenters. The lowest BCUT2D eigenvalue weighted by Crippen LogP contribution is -2.17. The van der Waals surface area contributed by atoms with Crippen LogP contribution in [0.5, 0.6) is 5.75 Å². The van der Waals surface area contributed by atoms with Crippen molar-refractivity contribution in [3.63, 3.8) is 0 Å². The SMILES string of the molecule is Cc1cc(C)nc(SCc2ccc(C(=O)N/N=C\c3cccc(O)c3)cc2)n1. The molecule has 7 heteroatoms. The van der Waals surface area contributed by atoms with E-state index in [-0.39, 0.29) is 11.7 Å². The fourth-order valence-electron chi connectivity index (χ4n) is 2.49. The largest absolute Gasteiger partial charge is 0.508 e. The van der Waals surface area contributed by atoms with Gasteiger partial charge >= 0.3 is 0 Å². The maximum atomic E-state index is 12.2. The van der Waals surface area contributed by atoms with Crippen LogP contribution in [0.25, 0.3) is 0 Å². The van der Waals surface area contributed by atoms with Crippen molar-refractivity contribution >= 4 is 23.9 Å². The summed E-state index contributed by atoms with van der Waals surface area (Å²) in [5, 5.41) is 14.1. The average Bonchev–Trinajstić information content (AvgIpc) is 2.66. The van der Waals surface area contributed by atoms with Gasteiger partial charge in [-0.25, -0.2) is 15.4 Å². The van der Waals surface area contributed by atoms with Crippen molar-refractivity contribution in [1.82, 2.24) is 15.4 Å². The van der Waals surface area contributed by atoms with E-state index in [0.717, 1.165) is 27.9 Å². The number of benzene rings is 2. The van der Waals surface area contributed by atoms with Crippen LogP contribution in [-0.4, -0.2) is 27.2 Å². The average molecular weight is 392 g/mol. The zero-order valence-electron chi connectivity index (χ0n) is 15.6. The molecule has 28 heavy (non-hydrogen) atoms. The molecule has 0 aliphatic carbocycles. The van der Waals surface area contributed by atoms with Crippen LogP contribution in [0, 0.1) is 13.8 Å². The number of amides is 1. The Labute approximate surface area is 167 Å². The Kier molecular flexibility index (Phi) is 6.39. The smallest absolute Gasteiger partial charge is 0.271 e. The van der Waals surface area contributed by atoms with Gasteiger partial charge in [-0.15, -0.1) is 0 Å². The molecule has 142 valence electrons. The van der Waals surface area contributed by atoms with Crippen molar-refractivity contribution in [3.8, 4) is 5.75 Å². The van der Waals surface area contributed by atoms with Gasteiger partial charge in [0.1, 0.15) is 5.75 Å². The fraction of sp³-hybridized carbons (Fsp3) is 0.143. The molecule has 6 nitrogen and oxygen atoms in total. The van der Waals surface area contributed by atoms with Crippen LogP contribution in [-0.2, 0) is 5.75 Å². The van der Waals surface area contributed by atoms with E-state index in [2.05, 4.69) is 20.5 Å². The lowest BCUT2D eigenvalue weighted by atomic mass is 10.1. The minimum absolute atomic E-state index is 0.148. The Morgan fingerprint density at radius 2 is 1.82 bits per heavy atom. The number of rotatable bonds is 6. The molecule has 0 aliphatic rings. The lowest BCUT2D eigenvalue weighted by Gasteiger charge is -2.05. The fourth-order valence-corrected chi connectivity index (χ4v) is 3.40. The normalized spacial score (nSPS) is 10.9. The molecule has 0 unspecified atom stereocenters. The third-order valence-corrected chi connectivity index (χ3v) is 4.71. The van der Waals surface area contributed by atoms with Gasteiger partial charge in [-0.3, -0.25) is 4.79 Å². The third-order valence-electron chi connectivity index (χ3n) is 3.80. The van der Waals surface area contributed by atoms with Crippen LogP contribution in [0.1, 0.15) is 32.9 Å². The molecule has 0 saturated carbocycles. The van der Waals surface area contributed by atoms with Crippen molar-refractivity contribution in [3.05, 3.63) is 82.7 Å². The minimum Gasteiger partial charge on any atom is -0.508 e. The molecule has 3 aromatic rings. The van der Waals surface area contributed by atoms with Crippen molar-refractivity contribution in [2.45, 2.75) is 24.8 Å². The molecule has 1 aromatic heterocycles. The number of aryl methyl sites for hydroxylation is 2. The zero-order chi connectivity index (χ0) is 19.9. The zero-order valence-corrected chi connectivity index (χ0v) is 16.4. The van der Waals surface area contributed by atoms with Crippen LogP contribution in [0.4, 0.5) is 0 Å². The number of phenolic OH excluding ortho intramolecular Hbond substituents is 1. The summed E-state index contributed by atoms with van der Waals surface area (Å²) in [6, 6.07) is 15.9. The molecule has 0 saturated heterocycles. The van der Waals surface area contributed by atoms with Crippen LogP contribution < -0.4 is 5.43 Å². The standard InChI is InChI=1S/C21H20N4O2S/c1-14-10-15(2)24-21(23-14)28-13-16-6-8-18(9-7-16)20(27)25-22-12-17-4-3-5-19(26)11-17/h3-12,26H,13H2,1-2H3,(H,25,27)/b22-12-. The van der Waals surface area contributed by atoms with Crippen LogP contribution in [0.3, 0.4) is 0 Å². The van der Waals surface area contributed by atoms with E-state index in [0.29, 0.717) is 11.1 Å². The van der Waals surface area contributed by atoms with Crippen molar-refractivity contribution in [1.29, 1.82) is 0 Å². The van der Waals surface area contributed by atoms with Gasteiger partial charge in [0.25, 0.3) is 5.91 Å². The number of carbonyl (C=O) groups is 1. The molecule has 2 aromatic carbocycles. The molecular weight excluding hydrogens is 372 g/mol. The third kappa shape index (κ3) is 5.65. The highest BCUT2D eigenvalue weighted by Crippen LogP contribution is 2.20. The maximum Gasteiger partial charge on any atom is 0.271 e. The number of phenols is 1. The highest BCUT2D eigenvalue weighted by Gasteiger charge is 2.06. The quantitative estimate of drug-likeness (QED) is 0.288. The molecule has 0 radical (unpaired) electrons. The number of aromatic hydroxyl groups is 1. The van der Waals surface area contributed by atoms with Gasteiger partial charge in [0, 0.05) is 22.7 Å². The van der Waals surface area contributed by atoms with Gasteiger partial charge in [0.15, 0.2) is 5.16 Å². The molecule has 0 aliphatic heterocycles. The number of carbonyl (C=O) groups excluding carboxylic acids is 1.